The van der Waals surface area contributed by atoms with Crippen LogP contribution in [0.2, 0.25) is 0 Å². The number of carboxylic acid groups (broad SMARTS) is 1. The minimum atomic E-state index is -0.729. The van der Waals surface area contributed by atoms with Crippen LogP contribution in [0.25, 0.3) is 11.0 Å². The van der Waals surface area contributed by atoms with Gasteiger partial charge in [-0.15, -0.1) is 0 Å². The van der Waals surface area contributed by atoms with Crippen molar-refractivity contribution in [2.75, 3.05) is 6.54 Å². The van der Waals surface area contributed by atoms with Crippen LogP contribution in [-0.4, -0.2) is 28.6 Å². The number of fused-ring (bicyclic) bond motifs is 1. The Bertz CT molecular complexity index is 586. The van der Waals surface area contributed by atoms with Crippen molar-refractivity contribution in [1.82, 2.24) is 4.90 Å². The fourth-order valence-corrected chi connectivity index (χ4v) is 3.05. The Morgan fingerprint density at radius 2 is 2.20 bits per heavy atom. The van der Waals surface area contributed by atoms with Crippen molar-refractivity contribution in [3.05, 3.63) is 36.1 Å². The third-order valence-electron chi connectivity index (χ3n) is 4.18. The van der Waals surface area contributed by atoms with E-state index >= 15 is 0 Å². The number of nitrogens with zero attached hydrogens (tertiary/aromatic N) is 1. The van der Waals surface area contributed by atoms with Gasteiger partial charge >= 0.3 is 5.97 Å². The Morgan fingerprint density at radius 1 is 1.40 bits per heavy atom. The van der Waals surface area contributed by atoms with Crippen molar-refractivity contribution in [3.8, 4) is 0 Å². The highest BCUT2D eigenvalue weighted by Gasteiger charge is 2.33. The van der Waals surface area contributed by atoms with Gasteiger partial charge in [-0.25, -0.2) is 0 Å². The number of rotatable bonds is 3. The molecule has 2 unspecified atom stereocenters. The first-order chi connectivity index (χ1) is 9.66. The average molecular weight is 273 g/mol. The summed E-state index contributed by atoms with van der Waals surface area (Å²) in [7, 11) is 0. The second-order valence-electron chi connectivity index (χ2n) is 5.45. The molecular formula is C16H19NO3. The third-order valence-corrected chi connectivity index (χ3v) is 4.18. The van der Waals surface area contributed by atoms with Gasteiger partial charge < -0.3 is 9.52 Å². The van der Waals surface area contributed by atoms with E-state index in [9.17, 15) is 9.90 Å². The fourth-order valence-electron chi connectivity index (χ4n) is 3.05. The second kappa shape index (κ2) is 5.29. The molecule has 2 aromatic rings. The molecule has 0 amide bonds. The predicted octanol–water partition coefficient (Wildman–Crippen LogP) is 3.43. The summed E-state index contributed by atoms with van der Waals surface area (Å²) in [6.07, 6.45) is 2.76. The SMILES string of the molecule is CC(c1cc2ccccc2o1)N1CCCCC1C(=O)O. The van der Waals surface area contributed by atoms with Crippen LogP contribution in [0.5, 0.6) is 0 Å². The van der Waals surface area contributed by atoms with E-state index in [4.69, 9.17) is 4.42 Å². The van der Waals surface area contributed by atoms with Gasteiger partial charge in [-0.1, -0.05) is 24.6 Å². The standard InChI is InChI=1S/C16H19NO3/c1-11(17-9-5-4-7-13(17)16(18)19)15-10-12-6-2-3-8-14(12)20-15/h2-3,6,8,10-11,13H,4-5,7,9H2,1H3,(H,18,19). The molecule has 1 saturated heterocycles. The Morgan fingerprint density at radius 3 is 2.95 bits per heavy atom. The third kappa shape index (κ3) is 2.31. The van der Waals surface area contributed by atoms with E-state index < -0.39 is 12.0 Å². The molecule has 1 fully saturated rings. The van der Waals surface area contributed by atoms with Gasteiger partial charge in [0.25, 0.3) is 0 Å². The summed E-state index contributed by atoms with van der Waals surface area (Å²) in [5.41, 5.74) is 0.859. The van der Waals surface area contributed by atoms with Gasteiger partial charge in [0.05, 0.1) is 6.04 Å². The molecule has 2 heterocycles. The summed E-state index contributed by atoms with van der Waals surface area (Å²) in [4.78, 5) is 13.4. The molecule has 1 aromatic heterocycles. The molecule has 2 atom stereocenters. The van der Waals surface area contributed by atoms with Crippen molar-refractivity contribution in [3.63, 3.8) is 0 Å². The van der Waals surface area contributed by atoms with Crippen molar-refractivity contribution < 1.29 is 14.3 Å². The summed E-state index contributed by atoms with van der Waals surface area (Å²) < 4.78 is 5.88. The summed E-state index contributed by atoms with van der Waals surface area (Å²) in [6.45, 7) is 2.84. The number of hydrogen-bond donors (Lipinski definition) is 1. The number of likely N-dealkylation sites (tertiary alicyclic amines) is 1. The van der Waals surface area contributed by atoms with Crippen LogP contribution in [0.4, 0.5) is 0 Å². The lowest BCUT2D eigenvalue weighted by Gasteiger charge is -2.36. The molecule has 1 aliphatic heterocycles. The Kier molecular flexibility index (Phi) is 3.49. The molecule has 0 bridgehead atoms. The van der Waals surface area contributed by atoms with Crippen molar-refractivity contribution in [1.29, 1.82) is 0 Å². The molecule has 0 radical (unpaired) electrons. The number of benzene rings is 1. The molecule has 4 heteroatoms. The molecule has 1 N–H and O–H groups in total. The zero-order chi connectivity index (χ0) is 14.1. The van der Waals surface area contributed by atoms with Gasteiger partial charge in [0.15, 0.2) is 0 Å². The van der Waals surface area contributed by atoms with Crippen LogP contribution in [0.3, 0.4) is 0 Å². The zero-order valence-corrected chi connectivity index (χ0v) is 11.6. The normalized spacial score (nSPS) is 21.9. The fraction of sp³-hybridized carbons (Fsp3) is 0.438. The van der Waals surface area contributed by atoms with Gasteiger partial charge in [0.2, 0.25) is 0 Å². The number of para-hydroxylation sites is 1. The second-order valence-corrected chi connectivity index (χ2v) is 5.45. The summed E-state index contributed by atoms with van der Waals surface area (Å²) in [5.74, 6) is 0.118. The Hall–Kier alpha value is -1.81. The quantitative estimate of drug-likeness (QED) is 0.930. The van der Waals surface area contributed by atoms with E-state index in [1.54, 1.807) is 0 Å². The van der Waals surface area contributed by atoms with Crippen LogP contribution in [0.1, 0.15) is 38.0 Å². The maximum Gasteiger partial charge on any atom is 0.320 e. The lowest BCUT2D eigenvalue weighted by molar-refractivity contribution is -0.145. The van der Waals surface area contributed by atoms with E-state index in [2.05, 4.69) is 0 Å². The Labute approximate surface area is 118 Å². The Balaban J connectivity index is 1.89. The first-order valence-corrected chi connectivity index (χ1v) is 7.14. The first-order valence-electron chi connectivity index (χ1n) is 7.14. The van der Waals surface area contributed by atoms with Gasteiger partial charge in [0.1, 0.15) is 17.4 Å². The molecule has 4 nitrogen and oxygen atoms in total. The van der Waals surface area contributed by atoms with Gasteiger partial charge in [-0.2, -0.15) is 0 Å². The average Bonchev–Trinajstić information content (AvgIpc) is 2.90. The predicted molar refractivity (Wildman–Crippen MR) is 76.6 cm³/mol. The van der Waals surface area contributed by atoms with E-state index in [0.29, 0.717) is 0 Å². The number of carbonyl (C=O) groups is 1. The highest BCUT2D eigenvalue weighted by molar-refractivity contribution is 5.78. The molecule has 0 spiro atoms. The lowest BCUT2D eigenvalue weighted by atomic mass is 9.99. The molecule has 1 aromatic carbocycles. The van der Waals surface area contributed by atoms with Gasteiger partial charge in [-0.05, 0) is 38.4 Å². The molecule has 20 heavy (non-hydrogen) atoms. The smallest absolute Gasteiger partial charge is 0.320 e. The number of furan rings is 1. The van der Waals surface area contributed by atoms with Crippen molar-refractivity contribution in [2.24, 2.45) is 0 Å². The lowest BCUT2D eigenvalue weighted by Crippen LogP contribution is -2.45. The minimum absolute atomic E-state index is 0.0104. The highest BCUT2D eigenvalue weighted by Crippen LogP contribution is 2.31. The molecule has 1 aliphatic rings. The van der Waals surface area contributed by atoms with Crippen LogP contribution in [0.15, 0.2) is 34.7 Å². The largest absolute Gasteiger partial charge is 0.480 e. The van der Waals surface area contributed by atoms with Gasteiger partial charge in [0, 0.05) is 5.39 Å². The molecule has 3 rings (SSSR count). The van der Waals surface area contributed by atoms with E-state index in [0.717, 1.165) is 42.5 Å². The van der Waals surface area contributed by atoms with Crippen LogP contribution in [0, 0.1) is 0 Å². The molecular weight excluding hydrogens is 254 g/mol. The van der Waals surface area contributed by atoms with E-state index in [1.165, 1.54) is 0 Å². The number of aliphatic carboxylic acids is 1. The zero-order valence-electron chi connectivity index (χ0n) is 11.6. The summed E-state index contributed by atoms with van der Waals surface area (Å²) in [6, 6.07) is 9.49. The maximum atomic E-state index is 11.4. The van der Waals surface area contributed by atoms with E-state index in [1.807, 2.05) is 42.2 Å². The topological polar surface area (TPSA) is 53.7 Å². The molecule has 0 saturated carbocycles. The number of piperidine rings is 1. The van der Waals surface area contributed by atoms with Crippen LogP contribution < -0.4 is 0 Å². The monoisotopic (exact) mass is 273 g/mol. The van der Waals surface area contributed by atoms with Crippen molar-refractivity contribution >= 4 is 16.9 Å². The van der Waals surface area contributed by atoms with Crippen LogP contribution >= 0.6 is 0 Å². The number of carboxylic acids is 1. The van der Waals surface area contributed by atoms with Gasteiger partial charge in [-0.3, -0.25) is 9.69 Å². The van der Waals surface area contributed by atoms with Crippen molar-refractivity contribution in [2.45, 2.75) is 38.3 Å². The first kappa shape index (κ1) is 13.2. The molecule has 0 aliphatic carbocycles. The number of hydrogen-bond acceptors (Lipinski definition) is 3. The minimum Gasteiger partial charge on any atom is -0.480 e. The van der Waals surface area contributed by atoms with Crippen LogP contribution in [-0.2, 0) is 4.79 Å². The summed E-state index contributed by atoms with van der Waals surface area (Å²) in [5, 5.41) is 10.4. The molecule has 106 valence electrons. The highest BCUT2D eigenvalue weighted by atomic mass is 16.4. The van der Waals surface area contributed by atoms with E-state index in [-0.39, 0.29) is 6.04 Å². The summed E-state index contributed by atoms with van der Waals surface area (Å²) >= 11 is 0. The maximum absolute atomic E-state index is 11.4.